The van der Waals surface area contributed by atoms with Crippen molar-refractivity contribution in [1.29, 1.82) is 0 Å². The second kappa shape index (κ2) is 4.16. The van der Waals surface area contributed by atoms with Crippen LogP contribution in [0.4, 0.5) is 0 Å². The number of likely N-dealkylation sites (tertiary alicyclic amines) is 1. The van der Waals surface area contributed by atoms with Crippen LogP contribution in [0.2, 0.25) is 0 Å². The monoisotopic (exact) mass is 152 g/mol. The van der Waals surface area contributed by atoms with E-state index in [0.717, 1.165) is 25.3 Å². The zero-order valence-corrected chi connectivity index (χ0v) is 7.21. The van der Waals surface area contributed by atoms with Crippen LogP contribution >= 0.6 is 0 Å². The molecule has 1 aliphatic heterocycles. The molecule has 1 rings (SSSR count). The summed E-state index contributed by atoms with van der Waals surface area (Å²) >= 11 is 0. The summed E-state index contributed by atoms with van der Waals surface area (Å²) in [6.45, 7) is 8.26. The Morgan fingerprint density at radius 2 is 2.18 bits per heavy atom. The van der Waals surface area contributed by atoms with Gasteiger partial charge in [-0.2, -0.15) is 0 Å². The van der Waals surface area contributed by atoms with Gasteiger partial charge in [0.05, 0.1) is 0 Å². The third-order valence-electron chi connectivity index (χ3n) is 1.89. The normalized spacial score (nSPS) is 18.1. The van der Waals surface area contributed by atoms with Gasteiger partial charge in [0.15, 0.2) is 0 Å². The molecule has 0 aliphatic carbocycles. The van der Waals surface area contributed by atoms with E-state index in [1.165, 1.54) is 12.8 Å². The first kappa shape index (κ1) is 8.31. The molecule has 0 aromatic rings. The largest absolute Gasteiger partial charge is 0.357 e. The van der Waals surface area contributed by atoms with Crippen molar-refractivity contribution < 1.29 is 0 Å². The molecule has 11 heavy (non-hydrogen) atoms. The Morgan fingerprint density at radius 1 is 1.55 bits per heavy atom. The second-order valence-corrected chi connectivity index (χ2v) is 2.83. The van der Waals surface area contributed by atoms with Crippen LogP contribution < -0.4 is 0 Å². The molecule has 0 spiro atoms. The molecule has 0 aromatic carbocycles. The van der Waals surface area contributed by atoms with Crippen molar-refractivity contribution in [3.8, 4) is 0 Å². The average molecular weight is 152 g/mol. The molecule has 2 nitrogen and oxygen atoms in total. The molecule has 0 radical (unpaired) electrons. The van der Waals surface area contributed by atoms with Gasteiger partial charge in [0.2, 0.25) is 0 Å². The number of hydrogen-bond donors (Lipinski definition) is 0. The lowest BCUT2D eigenvalue weighted by atomic mass is 10.4. The molecule has 0 amide bonds. The predicted molar refractivity (Wildman–Crippen MR) is 48.7 cm³/mol. The van der Waals surface area contributed by atoms with Crippen molar-refractivity contribution in [2.75, 3.05) is 13.1 Å². The van der Waals surface area contributed by atoms with Crippen molar-refractivity contribution in [1.82, 2.24) is 4.90 Å². The van der Waals surface area contributed by atoms with Gasteiger partial charge in [-0.1, -0.05) is 13.5 Å². The maximum Gasteiger partial charge on any atom is 0.120 e. The van der Waals surface area contributed by atoms with Crippen molar-refractivity contribution >= 4 is 6.21 Å². The molecule has 0 atom stereocenters. The lowest BCUT2D eigenvalue weighted by Gasteiger charge is -2.15. The van der Waals surface area contributed by atoms with E-state index in [4.69, 9.17) is 0 Å². The molecule has 0 N–H and O–H groups in total. The van der Waals surface area contributed by atoms with E-state index in [9.17, 15) is 0 Å². The fourth-order valence-corrected chi connectivity index (χ4v) is 1.25. The van der Waals surface area contributed by atoms with Gasteiger partial charge >= 0.3 is 0 Å². The van der Waals surface area contributed by atoms with Crippen molar-refractivity contribution in [2.45, 2.75) is 26.2 Å². The lowest BCUT2D eigenvalue weighted by molar-refractivity contribution is 0.425. The Balaban J connectivity index is 2.34. The van der Waals surface area contributed by atoms with Crippen LogP contribution in [0.25, 0.3) is 0 Å². The van der Waals surface area contributed by atoms with E-state index in [1.54, 1.807) is 0 Å². The van der Waals surface area contributed by atoms with Gasteiger partial charge in [-0.05, 0) is 19.3 Å². The van der Waals surface area contributed by atoms with Gasteiger partial charge < -0.3 is 4.90 Å². The lowest BCUT2D eigenvalue weighted by Crippen LogP contribution is -2.16. The molecular weight excluding hydrogens is 136 g/mol. The molecular formula is C9H16N2. The summed E-state index contributed by atoms with van der Waals surface area (Å²) in [6.07, 6.45) is 5.49. The highest BCUT2D eigenvalue weighted by molar-refractivity contribution is 5.58. The van der Waals surface area contributed by atoms with Crippen molar-refractivity contribution in [3.05, 3.63) is 12.4 Å². The zero-order chi connectivity index (χ0) is 8.10. The summed E-state index contributed by atoms with van der Waals surface area (Å²) in [5.74, 6) is 0.935. The number of nitrogens with zero attached hydrogens (tertiary/aromatic N) is 2. The molecule has 1 fully saturated rings. The quantitative estimate of drug-likeness (QED) is 0.565. The third-order valence-corrected chi connectivity index (χ3v) is 1.89. The highest BCUT2D eigenvalue weighted by Gasteiger charge is 2.11. The molecule has 1 heterocycles. The van der Waals surface area contributed by atoms with Crippen LogP contribution in [0.3, 0.4) is 0 Å². The Labute approximate surface area is 68.6 Å². The van der Waals surface area contributed by atoms with E-state index < -0.39 is 0 Å². The van der Waals surface area contributed by atoms with Crippen LogP contribution in [0, 0.1) is 0 Å². The highest BCUT2D eigenvalue weighted by Crippen LogP contribution is 2.13. The molecule has 0 aromatic heterocycles. The van der Waals surface area contributed by atoms with Crippen LogP contribution in [0.1, 0.15) is 26.2 Å². The summed E-state index contributed by atoms with van der Waals surface area (Å²) in [5.41, 5.74) is 0. The molecule has 0 bridgehead atoms. The maximum absolute atomic E-state index is 4.23. The molecule has 62 valence electrons. The van der Waals surface area contributed by atoms with Gasteiger partial charge in [-0.3, -0.25) is 0 Å². The molecule has 0 unspecified atom stereocenters. The topological polar surface area (TPSA) is 15.6 Å². The first-order valence-corrected chi connectivity index (χ1v) is 4.31. The summed E-state index contributed by atoms with van der Waals surface area (Å²) in [5, 5.41) is 0. The summed E-state index contributed by atoms with van der Waals surface area (Å²) in [6, 6.07) is 0. The SMILES string of the molecule is C=C(/N=C\CC)N1CCCC1. The standard InChI is InChI=1S/C9H16N2/c1-3-6-10-9(2)11-7-4-5-8-11/h6H,2-5,7-8H2,1H3/b10-6-. The van der Waals surface area contributed by atoms with Crippen LogP contribution in [0.5, 0.6) is 0 Å². The average Bonchev–Trinajstić information content (AvgIpc) is 2.52. The predicted octanol–water partition coefficient (Wildman–Crippen LogP) is 2.03. The van der Waals surface area contributed by atoms with Gasteiger partial charge in [0.25, 0.3) is 0 Å². The zero-order valence-electron chi connectivity index (χ0n) is 7.21. The van der Waals surface area contributed by atoms with Gasteiger partial charge in [0, 0.05) is 19.3 Å². The fraction of sp³-hybridized carbons (Fsp3) is 0.667. The second-order valence-electron chi connectivity index (χ2n) is 2.83. The van der Waals surface area contributed by atoms with Gasteiger partial charge in [-0.15, -0.1) is 0 Å². The number of hydrogen-bond acceptors (Lipinski definition) is 2. The van der Waals surface area contributed by atoms with E-state index >= 15 is 0 Å². The Hall–Kier alpha value is -0.790. The van der Waals surface area contributed by atoms with Crippen molar-refractivity contribution in [2.24, 2.45) is 4.99 Å². The first-order valence-electron chi connectivity index (χ1n) is 4.31. The van der Waals surface area contributed by atoms with Crippen LogP contribution in [0.15, 0.2) is 17.4 Å². The van der Waals surface area contributed by atoms with Crippen molar-refractivity contribution in [3.63, 3.8) is 0 Å². The molecule has 1 aliphatic rings. The minimum Gasteiger partial charge on any atom is -0.357 e. The molecule has 2 heteroatoms. The summed E-state index contributed by atoms with van der Waals surface area (Å²) in [7, 11) is 0. The first-order chi connectivity index (χ1) is 5.34. The van der Waals surface area contributed by atoms with Gasteiger partial charge in [-0.25, -0.2) is 4.99 Å². The van der Waals surface area contributed by atoms with E-state index in [1.807, 2.05) is 6.21 Å². The smallest absolute Gasteiger partial charge is 0.120 e. The Morgan fingerprint density at radius 3 is 2.73 bits per heavy atom. The van der Waals surface area contributed by atoms with E-state index in [0.29, 0.717) is 0 Å². The van der Waals surface area contributed by atoms with Crippen LogP contribution in [-0.2, 0) is 0 Å². The Bertz CT molecular complexity index is 155. The number of aliphatic imine (C=N–C) groups is 1. The third kappa shape index (κ3) is 2.37. The van der Waals surface area contributed by atoms with E-state index in [-0.39, 0.29) is 0 Å². The number of rotatable bonds is 3. The maximum atomic E-state index is 4.23. The Kier molecular flexibility index (Phi) is 3.14. The highest BCUT2D eigenvalue weighted by atomic mass is 15.2. The van der Waals surface area contributed by atoms with E-state index in [2.05, 4.69) is 23.4 Å². The molecule has 0 saturated carbocycles. The van der Waals surface area contributed by atoms with Crippen LogP contribution in [-0.4, -0.2) is 24.2 Å². The molecule has 1 saturated heterocycles. The fourth-order valence-electron chi connectivity index (χ4n) is 1.25. The minimum atomic E-state index is 0.935. The van der Waals surface area contributed by atoms with Gasteiger partial charge in [0.1, 0.15) is 5.82 Å². The summed E-state index contributed by atoms with van der Waals surface area (Å²) < 4.78 is 0. The summed E-state index contributed by atoms with van der Waals surface area (Å²) in [4.78, 5) is 6.47. The minimum absolute atomic E-state index is 0.935.